The quantitative estimate of drug-likeness (QED) is 0.370. The number of fused-ring (bicyclic) bond motifs is 1. The van der Waals surface area contributed by atoms with Gasteiger partial charge in [-0.05, 0) is 19.1 Å². The molecule has 2 heterocycles. The van der Waals surface area contributed by atoms with Crippen LogP contribution in [0.5, 0.6) is 5.75 Å². The van der Waals surface area contributed by atoms with Gasteiger partial charge in [-0.25, -0.2) is 4.98 Å². The van der Waals surface area contributed by atoms with Crippen molar-refractivity contribution >= 4 is 21.8 Å². The highest BCUT2D eigenvalue weighted by molar-refractivity contribution is 7.84. The Morgan fingerprint density at radius 3 is 2.85 bits per heavy atom. The fourth-order valence-corrected chi connectivity index (χ4v) is 3.75. The van der Waals surface area contributed by atoms with Crippen molar-refractivity contribution < 1.29 is 18.4 Å². The summed E-state index contributed by atoms with van der Waals surface area (Å²) in [5.41, 5.74) is 2.66. The fourth-order valence-electron chi connectivity index (χ4n) is 2.60. The summed E-state index contributed by atoms with van der Waals surface area (Å²) in [6.07, 6.45) is 2.13. The van der Waals surface area contributed by atoms with Crippen LogP contribution in [-0.2, 0) is 21.3 Å². The van der Waals surface area contributed by atoms with Gasteiger partial charge in [0.25, 0.3) is 0 Å². The summed E-state index contributed by atoms with van der Waals surface area (Å²) in [6, 6.07) is 9.10. The summed E-state index contributed by atoms with van der Waals surface area (Å²) in [5, 5.41) is 12.5. The zero-order chi connectivity index (χ0) is 18.5. The van der Waals surface area contributed by atoms with E-state index < -0.39 is 10.8 Å². The molecule has 1 aromatic carbocycles. The Kier molecular flexibility index (Phi) is 5.85. The number of methoxy groups -OCH3 is 1. The molecule has 8 heteroatoms. The number of aromatic amines is 1. The highest BCUT2D eigenvalue weighted by Crippen LogP contribution is 2.21. The van der Waals surface area contributed by atoms with Crippen LogP contribution >= 0.6 is 0 Å². The number of H-pyrrole nitrogens is 1. The molecule has 0 spiro atoms. The van der Waals surface area contributed by atoms with Crippen molar-refractivity contribution in [3.8, 4) is 5.75 Å². The van der Waals surface area contributed by atoms with Gasteiger partial charge in [0.05, 0.1) is 34.0 Å². The van der Waals surface area contributed by atoms with Crippen molar-refractivity contribution in [1.29, 1.82) is 0 Å². The molecule has 7 nitrogen and oxygen atoms in total. The zero-order valence-electron chi connectivity index (χ0n) is 14.7. The predicted octanol–water partition coefficient (Wildman–Crippen LogP) is 2.23. The number of imidazole rings is 1. The number of hydrogen-bond donors (Lipinski definition) is 1. The molecule has 1 atom stereocenters. The maximum atomic E-state index is 12.7. The number of hydrogen-bond acceptors (Lipinski definition) is 5. The average Bonchev–Trinajstić information content (AvgIpc) is 3.08. The first-order valence-corrected chi connectivity index (χ1v) is 9.58. The van der Waals surface area contributed by atoms with Crippen molar-refractivity contribution in [1.82, 2.24) is 9.97 Å². The Hall–Kier alpha value is -2.45. The van der Waals surface area contributed by atoms with Crippen molar-refractivity contribution in [2.24, 2.45) is 0 Å². The number of benzene rings is 1. The molecular weight excluding hydrogens is 354 g/mol. The number of rotatable bonds is 8. The molecule has 138 valence electrons. The van der Waals surface area contributed by atoms with Crippen LogP contribution in [0.15, 0.2) is 41.7 Å². The lowest BCUT2D eigenvalue weighted by molar-refractivity contribution is -0.613. The largest absolute Gasteiger partial charge is 0.618 e. The lowest BCUT2D eigenvalue weighted by Gasteiger charge is -2.12. The highest BCUT2D eigenvalue weighted by Gasteiger charge is 2.20. The molecule has 0 fully saturated rings. The van der Waals surface area contributed by atoms with Crippen molar-refractivity contribution in [3.63, 3.8) is 0 Å². The molecular formula is C18H21N3O4S. The van der Waals surface area contributed by atoms with Gasteiger partial charge in [0.2, 0.25) is 5.69 Å². The van der Waals surface area contributed by atoms with Crippen LogP contribution in [0, 0.1) is 12.1 Å². The molecule has 0 aliphatic carbocycles. The molecule has 0 unspecified atom stereocenters. The van der Waals surface area contributed by atoms with E-state index in [4.69, 9.17) is 9.47 Å². The second-order valence-corrected chi connectivity index (χ2v) is 7.19. The van der Waals surface area contributed by atoms with Crippen molar-refractivity contribution in [2.75, 3.05) is 20.3 Å². The molecule has 26 heavy (non-hydrogen) atoms. The van der Waals surface area contributed by atoms with E-state index in [2.05, 4.69) is 9.97 Å². The first-order chi connectivity index (χ1) is 12.6. The van der Waals surface area contributed by atoms with Gasteiger partial charge in [-0.15, -0.1) is 0 Å². The lowest BCUT2D eigenvalue weighted by Crippen LogP contribution is -2.33. The molecule has 0 radical (unpaired) electrons. The van der Waals surface area contributed by atoms with Crippen LogP contribution < -0.4 is 9.47 Å². The van der Waals surface area contributed by atoms with Crippen LogP contribution in [-0.4, -0.2) is 34.5 Å². The van der Waals surface area contributed by atoms with Gasteiger partial charge in [0.1, 0.15) is 11.5 Å². The Labute approximate surface area is 154 Å². The van der Waals surface area contributed by atoms with Gasteiger partial charge in [-0.1, -0.05) is 12.1 Å². The SMILES string of the molecule is COCCCOc1cc[n+]([O-])c(C[S@@](=O)c2nc3ccccc3[nH]2)c1C. The number of aromatic nitrogens is 3. The van der Waals surface area contributed by atoms with Gasteiger partial charge < -0.3 is 19.7 Å². The number of pyridine rings is 1. The molecule has 0 amide bonds. The summed E-state index contributed by atoms with van der Waals surface area (Å²) >= 11 is 0. The van der Waals surface area contributed by atoms with Crippen molar-refractivity contribution in [2.45, 2.75) is 24.3 Å². The first kappa shape index (κ1) is 18.3. The monoisotopic (exact) mass is 375 g/mol. The number of para-hydroxylation sites is 2. The van der Waals surface area contributed by atoms with E-state index in [0.29, 0.717) is 35.4 Å². The molecule has 2 aromatic heterocycles. The van der Waals surface area contributed by atoms with E-state index in [0.717, 1.165) is 22.2 Å². The third-order valence-electron chi connectivity index (χ3n) is 4.03. The van der Waals surface area contributed by atoms with E-state index >= 15 is 0 Å². The number of nitrogens with one attached hydrogen (secondary N) is 1. The minimum absolute atomic E-state index is 0.0599. The summed E-state index contributed by atoms with van der Waals surface area (Å²) in [4.78, 5) is 7.40. The summed E-state index contributed by atoms with van der Waals surface area (Å²) in [7, 11) is 0.171. The van der Waals surface area contributed by atoms with Gasteiger partial charge >= 0.3 is 0 Å². The van der Waals surface area contributed by atoms with Crippen LogP contribution in [0.25, 0.3) is 11.0 Å². The van der Waals surface area contributed by atoms with Crippen LogP contribution in [0.3, 0.4) is 0 Å². The summed E-state index contributed by atoms with van der Waals surface area (Å²) < 4.78 is 24.2. The van der Waals surface area contributed by atoms with Gasteiger partial charge in [-0.3, -0.25) is 4.21 Å². The van der Waals surface area contributed by atoms with Gasteiger partial charge in [0, 0.05) is 26.2 Å². The second-order valence-electron chi connectivity index (χ2n) is 5.82. The van der Waals surface area contributed by atoms with E-state index in [-0.39, 0.29) is 5.75 Å². The fraction of sp³-hybridized carbons (Fsp3) is 0.333. The number of ether oxygens (including phenoxy) is 2. The maximum Gasteiger partial charge on any atom is 0.212 e. The third-order valence-corrected chi connectivity index (χ3v) is 5.19. The minimum atomic E-state index is -1.47. The van der Waals surface area contributed by atoms with E-state index in [9.17, 15) is 9.42 Å². The topological polar surface area (TPSA) is 91.2 Å². The molecule has 0 bridgehead atoms. The molecule has 0 aliphatic heterocycles. The molecule has 0 saturated heterocycles. The highest BCUT2D eigenvalue weighted by atomic mass is 32.2. The second kappa shape index (κ2) is 8.29. The standard InChI is InChI=1S/C18H21N3O4S/c1-13-16(21(22)9-8-17(13)25-11-5-10-24-2)12-26(23)18-19-14-6-3-4-7-15(14)20-18/h3-4,6-9H,5,10-12H2,1-2H3,(H,19,20)/t26-/m1/s1. The molecule has 3 aromatic rings. The Morgan fingerprint density at radius 1 is 1.27 bits per heavy atom. The summed E-state index contributed by atoms with van der Waals surface area (Å²) in [6.45, 7) is 2.89. The normalized spacial score (nSPS) is 12.4. The van der Waals surface area contributed by atoms with Gasteiger partial charge in [-0.2, -0.15) is 4.73 Å². The van der Waals surface area contributed by atoms with E-state index in [1.165, 1.54) is 6.20 Å². The molecule has 3 rings (SSSR count). The minimum Gasteiger partial charge on any atom is -0.618 e. The third kappa shape index (κ3) is 4.03. The Balaban J connectivity index is 1.78. The molecule has 0 aliphatic rings. The predicted molar refractivity (Wildman–Crippen MR) is 98.3 cm³/mol. The Morgan fingerprint density at radius 2 is 2.08 bits per heavy atom. The van der Waals surface area contributed by atoms with Crippen LogP contribution in [0.1, 0.15) is 17.7 Å². The zero-order valence-corrected chi connectivity index (χ0v) is 15.5. The van der Waals surface area contributed by atoms with E-state index in [1.807, 2.05) is 24.3 Å². The Bertz CT molecular complexity index is 893. The van der Waals surface area contributed by atoms with Crippen LogP contribution in [0.4, 0.5) is 0 Å². The first-order valence-electron chi connectivity index (χ1n) is 8.26. The van der Waals surface area contributed by atoms with E-state index in [1.54, 1.807) is 20.1 Å². The smallest absolute Gasteiger partial charge is 0.212 e. The lowest BCUT2D eigenvalue weighted by atomic mass is 10.2. The van der Waals surface area contributed by atoms with Gasteiger partial charge in [0.15, 0.2) is 11.4 Å². The molecule has 1 N–H and O–H groups in total. The average molecular weight is 375 g/mol. The molecule has 0 saturated carbocycles. The summed E-state index contributed by atoms with van der Waals surface area (Å²) in [5.74, 6) is 0.676. The van der Waals surface area contributed by atoms with Crippen molar-refractivity contribution in [3.05, 3.63) is 53.0 Å². The van der Waals surface area contributed by atoms with Crippen LogP contribution in [0.2, 0.25) is 0 Å². The number of nitrogens with zero attached hydrogens (tertiary/aromatic N) is 2. The maximum absolute atomic E-state index is 12.7.